The highest BCUT2D eigenvalue weighted by molar-refractivity contribution is 7.12. The normalized spacial score (nSPS) is 20.8. The van der Waals surface area contributed by atoms with Crippen LogP contribution in [0.3, 0.4) is 0 Å². The number of aryl methyl sites for hydroxylation is 1. The molecule has 0 bridgehead atoms. The van der Waals surface area contributed by atoms with Gasteiger partial charge in [-0.2, -0.15) is 23.5 Å². The van der Waals surface area contributed by atoms with Crippen LogP contribution in [0.4, 0.5) is 13.2 Å². The van der Waals surface area contributed by atoms with Gasteiger partial charge in [0.15, 0.2) is 5.69 Å². The zero-order valence-corrected chi connectivity index (χ0v) is 22.9. The Morgan fingerprint density at radius 1 is 1.28 bits per heavy atom. The number of halogens is 3. The first kappa shape index (κ1) is 27.2. The Morgan fingerprint density at radius 2 is 2.05 bits per heavy atom. The van der Waals surface area contributed by atoms with Gasteiger partial charge in [0.1, 0.15) is 10.9 Å². The number of amides is 1. The summed E-state index contributed by atoms with van der Waals surface area (Å²) in [5.74, 6) is -0.549. The molecule has 0 aliphatic carbocycles. The summed E-state index contributed by atoms with van der Waals surface area (Å²) in [7, 11) is 0. The van der Waals surface area contributed by atoms with Gasteiger partial charge in [0.25, 0.3) is 0 Å². The maximum Gasteiger partial charge on any atom is 0.435 e. The van der Waals surface area contributed by atoms with Gasteiger partial charge in [-0.05, 0) is 41.5 Å². The van der Waals surface area contributed by atoms with E-state index in [-0.39, 0.29) is 22.9 Å². The van der Waals surface area contributed by atoms with Crippen LogP contribution in [0.15, 0.2) is 48.7 Å². The number of carbonyl (C=O) groups is 1. The summed E-state index contributed by atoms with van der Waals surface area (Å²) in [5, 5.41) is 16.8. The van der Waals surface area contributed by atoms with E-state index in [0.717, 1.165) is 23.4 Å². The van der Waals surface area contributed by atoms with Gasteiger partial charge in [0.05, 0.1) is 6.54 Å². The molecule has 5 rings (SSSR count). The van der Waals surface area contributed by atoms with Crippen molar-refractivity contribution in [3.8, 4) is 17.2 Å². The van der Waals surface area contributed by atoms with Gasteiger partial charge in [-0.3, -0.25) is 9.48 Å². The number of thiophene rings is 1. The number of carbonyl (C=O) groups excluding carboxylic acids is 1. The largest absolute Gasteiger partial charge is 0.435 e. The molecule has 2 aromatic heterocycles. The summed E-state index contributed by atoms with van der Waals surface area (Å²) in [6.07, 6.45) is 1.24. The zero-order valence-electron chi connectivity index (χ0n) is 22.0. The number of nitrogens with zero attached hydrogens (tertiary/aromatic N) is 4. The Morgan fingerprint density at radius 3 is 2.72 bits per heavy atom. The van der Waals surface area contributed by atoms with E-state index in [1.54, 1.807) is 36.1 Å². The minimum Gasteiger partial charge on any atom is -0.333 e. The van der Waals surface area contributed by atoms with Crippen LogP contribution in [0.2, 0.25) is 0 Å². The lowest BCUT2D eigenvalue weighted by Gasteiger charge is -2.33. The van der Waals surface area contributed by atoms with Crippen molar-refractivity contribution >= 4 is 17.2 Å². The number of rotatable bonds is 5. The molecule has 1 amide bonds. The first-order valence-electron chi connectivity index (χ1n) is 13.0. The lowest BCUT2D eigenvalue weighted by molar-refractivity contribution is -0.141. The number of nitrogens with one attached hydrogen (secondary N) is 1. The molecule has 2 aliphatic rings. The van der Waals surface area contributed by atoms with E-state index in [2.05, 4.69) is 30.3 Å². The second-order valence-electron chi connectivity index (χ2n) is 10.9. The molecule has 3 aromatic rings. The molecule has 4 heterocycles. The van der Waals surface area contributed by atoms with Crippen LogP contribution >= 0.6 is 11.3 Å². The van der Waals surface area contributed by atoms with Crippen LogP contribution in [0.25, 0.3) is 11.1 Å². The Hall–Kier alpha value is -3.42. The summed E-state index contributed by atoms with van der Waals surface area (Å²) in [5.41, 5.74) is 1.22. The van der Waals surface area contributed by atoms with E-state index in [1.807, 2.05) is 18.2 Å². The first-order valence-corrected chi connectivity index (χ1v) is 13.8. The molecule has 0 radical (unpaired) electrons. The minimum atomic E-state index is -4.62. The lowest BCUT2D eigenvalue weighted by Crippen LogP contribution is -2.37. The van der Waals surface area contributed by atoms with Gasteiger partial charge < -0.3 is 10.2 Å². The monoisotopic (exact) mass is 553 g/mol. The fourth-order valence-corrected chi connectivity index (χ4v) is 6.57. The Labute approximate surface area is 229 Å². The van der Waals surface area contributed by atoms with E-state index < -0.39 is 17.8 Å². The van der Waals surface area contributed by atoms with Crippen molar-refractivity contribution < 1.29 is 18.0 Å². The van der Waals surface area contributed by atoms with Crippen LogP contribution in [-0.2, 0) is 24.1 Å². The summed E-state index contributed by atoms with van der Waals surface area (Å²) >= 11 is 1.33. The van der Waals surface area contributed by atoms with Gasteiger partial charge in [-0.1, -0.05) is 44.2 Å². The number of aromatic nitrogens is 2. The molecule has 0 unspecified atom stereocenters. The van der Waals surface area contributed by atoms with Crippen LogP contribution in [-0.4, -0.2) is 39.7 Å². The maximum absolute atomic E-state index is 14.0. The third-order valence-electron chi connectivity index (χ3n) is 7.44. The lowest BCUT2D eigenvalue weighted by atomic mass is 9.83. The van der Waals surface area contributed by atoms with Crippen LogP contribution in [0.1, 0.15) is 59.7 Å². The van der Waals surface area contributed by atoms with E-state index in [9.17, 15) is 23.2 Å². The van der Waals surface area contributed by atoms with Crippen molar-refractivity contribution in [1.29, 1.82) is 5.26 Å². The molecule has 6 nitrogen and oxygen atoms in total. The van der Waals surface area contributed by atoms with Crippen molar-refractivity contribution in [1.82, 2.24) is 20.0 Å². The van der Waals surface area contributed by atoms with E-state index in [4.69, 9.17) is 0 Å². The Balaban J connectivity index is 1.53. The average Bonchev–Trinajstić information content (AvgIpc) is 3.62. The van der Waals surface area contributed by atoms with Gasteiger partial charge in [0.2, 0.25) is 5.91 Å². The summed E-state index contributed by atoms with van der Waals surface area (Å²) in [4.78, 5) is 16.5. The molecular formula is C29H30F3N5OS. The van der Waals surface area contributed by atoms with E-state index >= 15 is 0 Å². The highest BCUT2D eigenvalue weighted by Gasteiger charge is 2.39. The van der Waals surface area contributed by atoms with E-state index in [1.165, 1.54) is 22.2 Å². The Bertz CT molecular complexity index is 1460. The fraction of sp³-hybridized carbons (Fsp3) is 0.414. The second kappa shape index (κ2) is 10.3. The maximum atomic E-state index is 14.0. The van der Waals surface area contributed by atoms with Crippen molar-refractivity contribution in [3.63, 3.8) is 0 Å². The second-order valence-corrected chi connectivity index (χ2v) is 12.1. The first-order chi connectivity index (χ1) is 18.5. The smallest absolute Gasteiger partial charge is 0.333 e. The van der Waals surface area contributed by atoms with Crippen LogP contribution in [0, 0.1) is 16.7 Å². The minimum absolute atomic E-state index is 0.00973. The SMILES string of the molecule is CCn1cc(-c2ccccc2[C@@H]2CN(C(=O)/C=C/[C@@H]3CC(C)(C)CN3)Cc3sc(C#N)cc32)c(C(F)(F)F)n1. The summed E-state index contributed by atoms with van der Waals surface area (Å²) < 4.78 is 43.3. The molecule has 39 heavy (non-hydrogen) atoms. The van der Waals surface area contributed by atoms with Gasteiger partial charge >= 0.3 is 6.18 Å². The van der Waals surface area contributed by atoms with Crippen molar-refractivity contribution in [3.05, 3.63) is 75.3 Å². The van der Waals surface area contributed by atoms with Gasteiger partial charge in [-0.15, -0.1) is 11.3 Å². The molecule has 2 aliphatic heterocycles. The summed E-state index contributed by atoms with van der Waals surface area (Å²) in [6, 6.07) is 11.1. The molecule has 1 fully saturated rings. The predicted octanol–water partition coefficient (Wildman–Crippen LogP) is 5.94. The molecule has 0 saturated carbocycles. The van der Waals surface area contributed by atoms with Crippen molar-refractivity contribution in [2.24, 2.45) is 5.41 Å². The van der Waals surface area contributed by atoms with Gasteiger partial charge in [-0.25, -0.2) is 0 Å². The molecule has 1 aromatic carbocycles. The number of hydrogen-bond acceptors (Lipinski definition) is 5. The third-order valence-corrected chi connectivity index (χ3v) is 8.48. The van der Waals surface area contributed by atoms with Crippen LogP contribution < -0.4 is 5.32 Å². The quantitative estimate of drug-likeness (QED) is 0.397. The highest BCUT2D eigenvalue weighted by atomic mass is 32.1. The molecular weight excluding hydrogens is 523 g/mol. The van der Waals surface area contributed by atoms with Crippen LogP contribution in [0.5, 0.6) is 0 Å². The molecule has 10 heteroatoms. The molecule has 1 N–H and O–H groups in total. The number of hydrogen-bond donors (Lipinski definition) is 1. The molecule has 0 spiro atoms. The topological polar surface area (TPSA) is 74.0 Å². The molecule has 2 atom stereocenters. The fourth-order valence-electron chi connectivity index (χ4n) is 5.53. The number of benzene rings is 1. The zero-order chi connectivity index (χ0) is 27.9. The average molecular weight is 554 g/mol. The van der Waals surface area contributed by atoms with Crippen molar-refractivity contribution in [2.75, 3.05) is 13.1 Å². The molecule has 1 saturated heterocycles. The van der Waals surface area contributed by atoms with E-state index in [0.29, 0.717) is 35.6 Å². The highest BCUT2D eigenvalue weighted by Crippen LogP contribution is 2.44. The number of nitriles is 1. The predicted molar refractivity (Wildman–Crippen MR) is 144 cm³/mol. The molecule has 204 valence electrons. The van der Waals surface area contributed by atoms with Gasteiger partial charge in [0, 0.05) is 54.3 Å². The number of fused-ring (bicyclic) bond motifs is 1. The standard InChI is InChI=1S/C29H30F3N5OS/c1-4-37-15-24(27(35-37)29(30,31)32)21-8-6-5-7-20(21)23-14-36(16-25-22(23)11-19(13-33)39-25)26(38)10-9-18-12-28(2,3)17-34-18/h5-11,15,18,23,34H,4,12,14,16-17H2,1-3H3/b10-9+/t18-,23+/m1/s1. The number of alkyl halides is 3. The third kappa shape index (κ3) is 5.52. The van der Waals surface area contributed by atoms with Crippen molar-refractivity contribution in [2.45, 2.75) is 58.4 Å². The summed E-state index contributed by atoms with van der Waals surface area (Å²) in [6.45, 7) is 7.93. The Kier molecular flexibility index (Phi) is 7.16.